The average molecular weight is 198 g/mol. The zero-order valence-corrected chi connectivity index (χ0v) is 9.42. The highest BCUT2D eigenvalue weighted by atomic mass is 16.5. The van der Waals surface area contributed by atoms with Crippen LogP contribution in [0.1, 0.15) is 52.4 Å². The van der Waals surface area contributed by atoms with E-state index in [0.29, 0.717) is 13.0 Å². The van der Waals surface area contributed by atoms with Crippen LogP contribution in [0, 0.1) is 0 Å². The van der Waals surface area contributed by atoms with E-state index in [4.69, 9.17) is 4.74 Å². The van der Waals surface area contributed by atoms with Crippen molar-refractivity contribution in [3.63, 3.8) is 0 Å². The van der Waals surface area contributed by atoms with E-state index in [1.54, 1.807) is 0 Å². The Balaban J connectivity index is 3.22. The monoisotopic (exact) mass is 198 g/mol. The van der Waals surface area contributed by atoms with Crippen LogP contribution in [0.3, 0.4) is 0 Å². The molecule has 0 saturated heterocycles. The molecule has 2 nitrogen and oxygen atoms in total. The molecule has 0 aromatic carbocycles. The van der Waals surface area contributed by atoms with Gasteiger partial charge in [-0.3, -0.25) is 4.79 Å². The number of unbranched alkanes of at least 4 members (excludes halogenated alkanes) is 4. The van der Waals surface area contributed by atoms with E-state index in [2.05, 4.69) is 13.0 Å². The SMILES string of the molecule is CCCCCC/C=C/CC(=O)OCC. The van der Waals surface area contributed by atoms with Gasteiger partial charge < -0.3 is 4.74 Å². The Morgan fingerprint density at radius 1 is 1.14 bits per heavy atom. The zero-order chi connectivity index (χ0) is 10.6. The van der Waals surface area contributed by atoms with Gasteiger partial charge in [0.2, 0.25) is 0 Å². The molecule has 0 aliphatic rings. The van der Waals surface area contributed by atoms with Crippen LogP contribution in [-0.2, 0) is 9.53 Å². The number of hydrogen-bond donors (Lipinski definition) is 0. The molecule has 82 valence electrons. The smallest absolute Gasteiger partial charge is 0.309 e. The summed E-state index contributed by atoms with van der Waals surface area (Å²) in [5.74, 6) is -0.127. The van der Waals surface area contributed by atoms with Crippen molar-refractivity contribution in [2.24, 2.45) is 0 Å². The fourth-order valence-corrected chi connectivity index (χ4v) is 1.21. The molecule has 0 aromatic heterocycles. The zero-order valence-electron chi connectivity index (χ0n) is 9.42. The van der Waals surface area contributed by atoms with Gasteiger partial charge in [0, 0.05) is 0 Å². The van der Waals surface area contributed by atoms with Crippen molar-refractivity contribution >= 4 is 5.97 Å². The number of carbonyl (C=O) groups is 1. The number of ether oxygens (including phenoxy) is 1. The highest BCUT2D eigenvalue weighted by Crippen LogP contribution is 2.03. The average Bonchev–Trinajstić information content (AvgIpc) is 2.17. The van der Waals surface area contributed by atoms with Crippen LogP contribution >= 0.6 is 0 Å². The molecule has 0 spiro atoms. The maximum Gasteiger partial charge on any atom is 0.309 e. The lowest BCUT2D eigenvalue weighted by molar-refractivity contribution is -0.142. The highest BCUT2D eigenvalue weighted by molar-refractivity contribution is 5.71. The van der Waals surface area contributed by atoms with Crippen LogP contribution in [0.2, 0.25) is 0 Å². The maximum atomic E-state index is 10.9. The topological polar surface area (TPSA) is 26.3 Å². The van der Waals surface area contributed by atoms with Gasteiger partial charge in [-0.2, -0.15) is 0 Å². The Hall–Kier alpha value is -0.790. The third-order valence-corrected chi connectivity index (χ3v) is 1.98. The Morgan fingerprint density at radius 2 is 1.93 bits per heavy atom. The van der Waals surface area contributed by atoms with Crippen molar-refractivity contribution in [2.75, 3.05) is 6.61 Å². The minimum absolute atomic E-state index is 0.127. The fraction of sp³-hybridized carbons (Fsp3) is 0.750. The van der Waals surface area contributed by atoms with Gasteiger partial charge in [-0.1, -0.05) is 38.3 Å². The summed E-state index contributed by atoms with van der Waals surface area (Å²) < 4.78 is 4.80. The Labute approximate surface area is 87.3 Å². The van der Waals surface area contributed by atoms with Crippen LogP contribution < -0.4 is 0 Å². The van der Waals surface area contributed by atoms with Crippen LogP contribution in [0.4, 0.5) is 0 Å². The molecule has 2 heteroatoms. The molecule has 0 unspecified atom stereocenters. The molecule has 0 saturated carbocycles. The molecule has 0 atom stereocenters. The minimum Gasteiger partial charge on any atom is -0.466 e. The second-order valence-corrected chi connectivity index (χ2v) is 3.33. The van der Waals surface area contributed by atoms with Gasteiger partial charge in [0.1, 0.15) is 0 Å². The first-order valence-corrected chi connectivity index (χ1v) is 5.61. The normalized spacial score (nSPS) is 10.7. The van der Waals surface area contributed by atoms with E-state index < -0.39 is 0 Å². The highest BCUT2D eigenvalue weighted by Gasteiger charge is 1.95. The van der Waals surface area contributed by atoms with Crippen LogP contribution in [0.5, 0.6) is 0 Å². The Kier molecular flexibility index (Phi) is 9.71. The summed E-state index contributed by atoms with van der Waals surface area (Å²) in [4.78, 5) is 10.9. The molecule has 0 aliphatic carbocycles. The molecular formula is C12H22O2. The van der Waals surface area contributed by atoms with Crippen molar-refractivity contribution in [1.82, 2.24) is 0 Å². The Bertz CT molecular complexity index is 162. The van der Waals surface area contributed by atoms with Crippen molar-refractivity contribution in [1.29, 1.82) is 0 Å². The third-order valence-electron chi connectivity index (χ3n) is 1.98. The molecule has 0 bridgehead atoms. The van der Waals surface area contributed by atoms with Crippen LogP contribution in [0.15, 0.2) is 12.2 Å². The third kappa shape index (κ3) is 9.30. The second kappa shape index (κ2) is 10.3. The van der Waals surface area contributed by atoms with E-state index in [0.717, 1.165) is 6.42 Å². The largest absolute Gasteiger partial charge is 0.466 e. The van der Waals surface area contributed by atoms with Gasteiger partial charge in [-0.25, -0.2) is 0 Å². The van der Waals surface area contributed by atoms with Gasteiger partial charge in [0.15, 0.2) is 0 Å². The summed E-state index contributed by atoms with van der Waals surface area (Å²) in [7, 11) is 0. The molecule has 0 rings (SSSR count). The van der Waals surface area contributed by atoms with Gasteiger partial charge in [0.25, 0.3) is 0 Å². The lowest BCUT2D eigenvalue weighted by atomic mass is 10.1. The molecule has 0 heterocycles. The quantitative estimate of drug-likeness (QED) is 0.339. The van der Waals surface area contributed by atoms with Gasteiger partial charge in [0.05, 0.1) is 13.0 Å². The molecule has 0 radical (unpaired) electrons. The standard InChI is InChI=1S/C12H22O2/c1-3-5-6-7-8-9-10-11-12(13)14-4-2/h9-10H,3-8,11H2,1-2H3/b10-9+. The lowest BCUT2D eigenvalue weighted by Crippen LogP contribution is -2.01. The fourth-order valence-electron chi connectivity index (χ4n) is 1.21. The lowest BCUT2D eigenvalue weighted by Gasteiger charge is -1.97. The predicted molar refractivity (Wildman–Crippen MR) is 59.1 cm³/mol. The molecule has 0 amide bonds. The molecule has 0 N–H and O–H groups in total. The van der Waals surface area contributed by atoms with Crippen LogP contribution in [0.25, 0.3) is 0 Å². The summed E-state index contributed by atoms with van der Waals surface area (Å²) in [6.45, 7) is 4.51. The first-order chi connectivity index (χ1) is 6.81. The molecule has 0 aliphatic heterocycles. The summed E-state index contributed by atoms with van der Waals surface area (Å²) >= 11 is 0. The summed E-state index contributed by atoms with van der Waals surface area (Å²) in [5.41, 5.74) is 0. The van der Waals surface area contributed by atoms with Gasteiger partial charge in [-0.05, 0) is 19.8 Å². The Morgan fingerprint density at radius 3 is 2.57 bits per heavy atom. The molecule has 0 aromatic rings. The van der Waals surface area contributed by atoms with Crippen molar-refractivity contribution < 1.29 is 9.53 Å². The first-order valence-electron chi connectivity index (χ1n) is 5.61. The van der Waals surface area contributed by atoms with E-state index in [-0.39, 0.29) is 5.97 Å². The number of carbonyl (C=O) groups excluding carboxylic acids is 1. The number of esters is 1. The number of allylic oxidation sites excluding steroid dienone is 1. The summed E-state index contributed by atoms with van der Waals surface area (Å²) in [6.07, 6.45) is 10.6. The van der Waals surface area contributed by atoms with E-state index in [9.17, 15) is 4.79 Å². The minimum atomic E-state index is -0.127. The molecule has 0 fully saturated rings. The molecular weight excluding hydrogens is 176 g/mol. The van der Waals surface area contributed by atoms with Gasteiger partial charge >= 0.3 is 5.97 Å². The van der Waals surface area contributed by atoms with E-state index >= 15 is 0 Å². The second-order valence-electron chi connectivity index (χ2n) is 3.33. The van der Waals surface area contributed by atoms with Crippen molar-refractivity contribution in [3.8, 4) is 0 Å². The van der Waals surface area contributed by atoms with Gasteiger partial charge in [-0.15, -0.1) is 0 Å². The molecule has 14 heavy (non-hydrogen) atoms. The van der Waals surface area contributed by atoms with Crippen molar-refractivity contribution in [2.45, 2.75) is 52.4 Å². The number of hydrogen-bond acceptors (Lipinski definition) is 2. The predicted octanol–water partition coefficient (Wildman–Crippen LogP) is 3.47. The van der Waals surface area contributed by atoms with E-state index in [1.165, 1.54) is 25.7 Å². The van der Waals surface area contributed by atoms with Crippen LogP contribution in [-0.4, -0.2) is 12.6 Å². The van der Waals surface area contributed by atoms with Crippen molar-refractivity contribution in [3.05, 3.63) is 12.2 Å². The maximum absolute atomic E-state index is 10.9. The number of rotatable bonds is 8. The summed E-state index contributed by atoms with van der Waals surface area (Å²) in [5, 5.41) is 0. The first kappa shape index (κ1) is 13.2. The summed E-state index contributed by atoms with van der Waals surface area (Å²) in [6, 6.07) is 0. The van der Waals surface area contributed by atoms with E-state index in [1.807, 2.05) is 13.0 Å².